The van der Waals surface area contributed by atoms with E-state index in [2.05, 4.69) is 6.58 Å². The van der Waals surface area contributed by atoms with Crippen LogP contribution in [0.15, 0.2) is 30.9 Å². The lowest BCUT2D eigenvalue weighted by Crippen LogP contribution is -2.47. The van der Waals surface area contributed by atoms with Crippen LogP contribution in [0.4, 0.5) is 4.39 Å². The zero-order valence-electron chi connectivity index (χ0n) is 13.5. The van der Waals surface area contributed by atoms with Crippen molar-refractivity contribution in [2.24, 2.45) is 0 Å². The van der Waals surface area contributed by atoms with E-state index in [1.165, 1.54) is 18.2 Å². The summed E-state index contributed by atoms with van der Waals surface area (Å²) in [6, 6.07) is 4.18. The quantitative estimate of drug-likeness (QED) is 0.819. The van der Waals surface area contributed by atoms with Crippen LogP contribution >= 0.6 is 0 Å². The second-order valence-corrected chi connectivity index (χ2v) is 5.82. The number of hydrogen-bond acceptors (Lipinski definition) is 3. The third-order valence-corrected chi connectivity index (χ3v) is 4.15. The number of hydrogen-bond donors (Lipinski definition) is 1. The highest BCUT2D eigenvalue weighted by atomic mass is 19.1. The van der Waals surface area contributed by atoms with Gasteiger partial charge in [0.2, 0.25) is 5.91 Å². The van der Waals surface area contributed by atoms with Gasteiger partial charge >= 0.3 is 0 Å². The maximum Gasteiger partial charge on any atom is 0.246 e. The predicted molar refractivity (Wildman–Crippen MR) is 86.6 cm³/mol. The Morgan fingerprint density at radius 3 is 2.83 bits per heavy atom. The average molecular weight is 321 g/mol. The molecule has 1 aliphatic rings. The zero-order chi connectivity index (χ0) is 16.8. The van der Waals surface area contributed by atoms with Gasteiger partial charge in [0.15, 0.2) is 0 Å². The number of rotatable bonds is 6. The summed E-state index contributed by atoms with van der Waals surface area (Å²) in [6.07, 6.45) is 4.04. The fourth-order valence-electron chi connectivity index (χ4n) is 3.09. The van der Waals surface area contributed by atoms with Gasteiger partial charge < -0.3 is 14.7 Å². The van der Waals surface area contributed by atoms with Gasteiger partial charge in [0.05, 0.1) is 18.8 Å². The first-order chi connectivity index (χ1) is 11.0. The van der Waals surface area contributed by atoms with Crippen LogP contribution in [0, 0.1) is 5.82 Å². The molecule has 0 heterocycles. The van der Waals surface area contributed by atoms with E-state index in [-0.39, 0.29) is 18.5 Å². The molecular weight excluding hydrogens is 297 g/mol. The molecule has 4 nitrogen and oxygen atoms in total. The van der Waals surface area contributed by atoms with Crippen LogP contribution in [0.25, 0.3) is 0 Å². The van der Waals surface area contributed by atoms with Crippen LogP contribution in [0.1, 0.15) is 38.2 Å². The van der Waals surface area contributed by atoms with Gasteiger partial charge in [-0.15, -0.1) is 0 Å². The minimum atomic E-state index is -0.549. The number of benzene rings is 1. The number of carbonyl (C=O) groups excluding carboxylic acids is 1. The van der Waals surface area contributed by atoms with Crippen molar-refractivity contribution in [2.45, 2.75) is 51.3 Å². The Hall–Kier alpha value is -1.88. The summed E-state index contributed by atoms with van der Waals surface area (Å²) in [5.74, 6) is -0.211. The first kappa shape index (κ1) is 17.5. The number of ether oxygens (including phenoxy) is 1. The highest BCUT2D eigenvalue weighted by Gasteiger charge is 2.31. The molecule has 1 aromatic carbocycles. The van der Waals surface area contributed by atoms with Crippen LogP contribution < -0.4 is 4.74 Å². The molecule has 1 amide bonds. The van der Waals surface area contributed by atoms with E-state index < -0.39 is 11.9 Å². The van der Waals surface area contributed by atoms with Gasteiger partial charge in [-0.25, -0.2) is 4.39 Å². The molecule has 0 radical (unpaired) electrons. The third kappa shape index (κ3) is 4.55. The Bertz CT molecular complexity index is 561. The molecule has 1 aromatic rings. The molecule has 5 heteroatoms. The Morgan fingerprint density at radius 1 is 1.43 bits per heavy atom. The molecule has 0 aromatic heterocycles. The average Bonchev–Trinajstić information content (AvgIpc) is 2.52. The zero-order valence-corrected chi connectivity index (χ0v) is 13.5. The van der Waals surface area contributed by atoms with Gasteiger partial charge in [-0.05, 0) is 43.5 Å². The number of nitrogens with zero attached hydrogens (tertiary/aromatic N) is 1. The first-order valence-electron chi connectivity index (χ1n) is 8.08. The van der Waals surface area contributed by atoms with Crippen molar-refractivity contribution in [3.05, 3.63) is 42.2 Å². The number of halogens is 1. The van der Waals surface area contributed by atoms with Gasteiger partial charge in [0.25, 0.3) is 0 Å². The summed E-state index contributed by atoms with van der Waals surface area (Å²) in [5.41, 5.74) is 0.640. The van der Waals surface area contributed by atoms with Crippen molar-refractivity contribution in [3.8, 4) is 5.75 Å². The van der Waals surface area contributed by atoms with E-state index in [1.807, 2.05) is 6.92 Å². The van der Waals surface area contributed by atoms with Crippen molar-refractivity contribution in [3.63, 3.8) is 0 Å². The predicted octanol–water partition coefficient (Wildman–Crippen LogP) is 3.04. The standard InChI is InChI=1S/C18H24FNO3/c1-3-18(22)20(16-7-5-6-8-17(16)21)12-13-9-14(19)11-15(10-13)23-4-2/h3,9-11,16-17,21H,1,4-8,12H2,2H3/t16-,17+/m1/s1. The Labute approximate surface area is 136 Å². The fourth-order valence-corrected chi connectivity index (χ4v) is 3.09. The van der Waals surface area contributed by atoms with Crippen molar-refractivity contribution in [1.82, 2.24) is 4.90 Å². The summed E-state index contributed by atoms with van der Waals surface area (Å²) < 4.78 is 19.1. The summed E-state index contributed by atoms with van der Waals surface area (Å²) in [6.45, 7) is 6.04. The molecule has 23 heavy (non-hydrogen) atoms. The molecule has 0 unspecified atom stereocenters. The number of carbonyl (C=O) groups is 1. The second-order valence-electron chi connectivity index (χ2n) is 5.82. The van der Waals surface area contributed by atoms with Gasteiger partial charge in [-0.1, -0.05) is 19.4 Å². The minimum absolute atomic E-state index is 0.227. The summed E-state index contributed by atoms with van der Waals surface area (Å²) in [5, 5.41) is 10.2. The highest BCUT2D eigenvalue weighted by molar-refractivity contribution is 5.87. The lowest BCUT2D eigenvalue weighted by atomic mass is 9.91. The van der Waals surface area contributed by atoms with Crippen LogP contribution in [-0.2, 0) is 11.3 Å². The topological polar surface area (TPSA) is 49.8 Å². The van der Waals surface area contributed by atoms with Crippen LogP contribution in [0.2, 0.25) is 0 Å². The Morgan fingerprint density at radius 2 is 2.17 bits per heavy atom. The van der Waals surface area contributed by atoms with E-state index in [0.717, 1.165) is 19.3 Å². The third-order valence-electron chi connectivity index (χ3n) is 4.15. The maximum atomic E-state index is 13.8. The lowest BCUT2D eigenvalue weighted by molar-refractivity contribution is -0.132. The van der Waals surface area contributed by atoms with E-state index in [0.29, 0.717) is 24.3 Å². The van der Waals surface area contributed by atoms with Gasteiger partial charge in [0.1, 0.15) is 11.6 Å². The van der Waals surface area contributed by atoms with Gasteiger partial charge in [0, 0.05) is 12.6 Å². The molecule has 1 saturated carbocycles. The van der Waals surface area contributed by atoms with E-state index >= 15 is 0 Å². The van der Waals surface area contributed by atoms with Gasteiger partial charge in [-0.3, -0.25) is 4.79 Å². The second kappa shape index (κ2) is 8.11. The molecule has 2 atom stereocenters. The minimum Gasteiger partial charge on any atom is -0.494 e. The molecule has 0 bridgehead atoms. The van der Waals surface area contributed by atoms with Crippen LogP contribution in [0.3, 0.4) is 0 Å². The Kier molecular flexibility index (Phi) is 6.16. The lowest BCUT2D eigenvalue weighted by Gasteiger charge is -2.37. The molecule has 1 aliphatic carbocycles. The van der Waals surface area contributed by atoms with Crippen molar-refractivity contribution >= 4 is 5.91 Å². The number of amides is 1. The molecule has 0 saturated heterocycles. The van der Waals surface area contributed by atoms with Crippen molar-refractivity contribution < 1.29 is 19.0 Å². The SMILES string of the molecule is C=CC(=O)N(Cc1cc(F)cc(OCC)c1)[C@@H]1CCCC[C@@H]1O. The van der Waals surface area contributed by atoms with E-state index in [9.17, 15) is 14.3 Å². The molecule has 2 rings (SSSR count). The Balaban J connectivity index is 2.23. The van der Waals surface area contributed by atoms with Crippen LogP contribution in [0.5, 0.6) is 5.75 Å². The smallest absolute Gasteiger partial charge is 0.246 e. The first-order valence-corrected chi connectivity index (χ1v) is 8.08. The molecule has 0 aliphatic heterocycles. The largest absolute Gasteiger partial charge is 0.494 e. The molecule has 1 N–H and O–H groups in total. The molecule has 1 fully saturated rings. The van der Waals surface area contributed by atoms with E-state index in [4.69, 9.17) is 4.74 Å². The maximum absolute atomic E-state index is 13.8. The van der Waals surface area contributed by atoms with Crippen molar-refractivity contribution in [1.29, 1.82) is 0 Å². The molecular formula is C18H24FNO3. The van der Waals surface area contributed by atoms with E-state index in [1.54, 1.807) is 11.0 Å². The number of aliphatic hydroxyl groups is 1. The summed E-state index contributed by atoms with van der Waals surface area (Å²) in [4.78, 5) is 13.8. The normalized spacial score (nSPS) is 20.8. The van der Waals surface area contributed by atoms with Crippen molar-refractivity contribution in [2.75, 3.05) is 6.61 Å². The summed E-state index contributed by atoms with van der Waals surface area (Å²) >= 11 is 0. The monoisotopic (exact) mass is 321 g/mol. The van der Waals surface area contributed by atoms with Gasteiger partial charge in [-0.2, -0.15) is 0 Å². The fraction of sp³-hybridized carbons (Fsp3) is 0.500. The molecule has 126 valence electrons. The highest BCUT2D eigenvalue weighted by Crippen LogP contribution is 2.26. The van der Waals surface area contributed by atoms with Crippen LogP contribution in [-0.4, -0.2) is 34.7 Å². The summed E-state index contributed by atoms with van der Waals surface area (Å²) in [7, 11) is 0. The molecule has 0 spiro atoms. The number of aliphatic hydroxyl groups excluding tert-OH is 1.